The smallest absolute Gasteiger partial charge is 0.0386 e. The van der Waals surface area contributed by atoms with Gasteiger partial charge in [0, 0.05) is 17.0 Å². The van der Waals surface area contributed by atoms with Gasteiger partial charge in [-0.15, -0.1) is 0 Å². The maximum Gasteiger partial charge on any atom is 0.0386 e. The van der Waals surface area contributed by atoms with Crippen LogP contribution in [0.15, 0.2) is 24.3 Å². The molecule has 2 N–H and O–H groups in total. The van der Waals surface area contributed by atoms with Gasteiger partial charge in [0.25, 0.3) is 0 Å². The molecule has 0 saturated heterocycles. The predicted octanol–water partition coefficient (Wildman–Crippen LogP) is 4.63. The number of nitrogens with two attached hydrogens (primary N) is 1. The molecule has 0 aliphatic heterocycles. The van der Waals surface area contributed by atoms with E-state index in [0.29, 0.717) is 0 Å². The molecule has 1 aromatic rings. The molecular weight excluding hydrogens is 250 g/mol. The van der Waals surface area contributed by atoms with Gasteiger partial charge in [-0.3, -0.25) is 0 Å². The summed E-state index contributed by atoms with van der Waals surface area (Å²) in [5.74, 6) is 1.90. The highest BCUT2D eigenvalue weighted by atomic mass is 32.2. The van der Waals surface area contributed by atoms with E-state index in [2.05, 4.69) is 36.0 Å². The van der Waals surface area contributed by atoms with Crippen LogP contribution in [0.25, 0.3) is 0 Å². The Labute approximate surface area is 121 Å². The van der Waals surface area contributed by atoms with Crippen LogP contribution in [0.1, 0.15) is 68.0 Å². The van der Waals surface area contributed by atoms with E-state index in [9.17, 15) is 0 Å². The van der Waals surface area contributed by atoms with Crippen molar-refractivity contribution in [2.75, 3.05) is 5.75 Å². The molecule has 2 heteroatoms. The van der Waals surface area contributed by atoms with Crippen LogP contribution in [0.2, 0.25) is 0 Å². The first kappa shape index (κ1) is 13.5. The van der Waals surface area contributed by atoms with Crippen molar-refractivity contribution in [2.45, 2.75) is 62.2 Å². The first-order valence-electron chi connectivity index (χ1n) is 7.80. The normalized spacial score (nSPS) is 22.4. The van der Waals surface area contributed by atoms with E-state index in [1.54, 1.807) is 0 Å². The van der Waals surface area contributed by atoms with Gasteiger partial charge in [-0.25, -0.2) is 0 Å². The van der Waals surface area contributed by atoms with Gasteiger partial charge in [0.1, 0.15) is 0 Å². The Morgan fingerprint density at radius 2 is 1.89 bits per heavy atom. The molecule has 2 aliphatic rings. The zero-order valence-electron chi connectivity index (χ0n) is 11.7. The van der Waals surface area contributed by atoms with Crippen molar-refractivity contribution in [1.82, 2.24) is 0 Å². The molecule has 0 amide bonds. The second kappa shape index (κ2) is 6.32. The highest BCUT2D eigenvalue weighted by molar-refractivity contribution is 7.99. The predicted molar refractivity (Wildman–Crippen MR) is 84.7 cm³/mol. The number of thioether (sulfide) groups is 1. The molecule has 1 unspecified atom stereocenters. The lowest BCUT2D eigenvalue weighted by Crippen LogP contribution is -2.16. The second-order valence-corrected chi connectivity index (χ2v) is 7.48. The van der Waals surface area contributed by atoms with Crippen LogP contribution < -0.4 is 5.73 Å². The van der Waals surface area contributed by atoms with Crippen molar-refractivity contribution in [3.63, 3.8) is 0 Å². The van der Waals surface area contributed by atoms with E-state index in [-0.39, 0.29) is 6.04 Å². The van der Waals surface area contributed by atoms with Gasteiger partial charge in [0.05, 0.1) is 0 Å². The minimum atomic E-state index is 0.214. The average Bonchev–Trinajstić information content (AvgIpc) is 2.87. The maximum atomic E-state index is 6.38. The van der Waals surface area contributed by atoms with Gasteiger partial charge in [-0.1, -0.05) is 43.5 Å². The molecule has 0 bridgehead atoms. The number of hydrogen-bond acceptors (Lipinski definition) is 2. The van der Waals surface area contributed by atoms with Crippen LogP contribution in [-0.4, -0.2) is 11.0 Å². The van der Waals surface area contributed by atoms with E-state index in [0.717, 1.165) is 16.9 Å². The number of benzene rings is 1. The molecule has 2 saturated carbocycles. The molecule has 19 heavy (non-hydrogen) atoms. The number of hydrogen-bond donors (Lipinski definition) is 1. The molecule has 2 aliphatic carbocycles. The Kier molecular flexibility index (Phi) is 4.49. The van der Waals surface area contributed by atoms with Crippen molar-refractivity contribution in [1.29, 1.82) is 0 Å². The molecule has 2 fully saturated rings. The minimum absolute atomic E-state index is 0.214. The molecule has 0 aromatic heterocycles. The van der Waals surface area contributed by atoms with Crippen molar-refractivity contribution < 1.29 is 0 Å². The van der Waals surface area contributed by atoms with Gasteiger partial charge in [0.2, 0.25) is 0 Å². The van der Waals surface area contributed by atoms with Crippen molar-refractivity contribution in [3.05, 3.63) is 35.4 Å². The van der Waals surface area contributed by atoms with Gasteiger partial charge in [-0.05, 0) is 42.7 Å². The monoisotopic (exact) mass is 275 g/mol. The molecule has 0 spiro atoms. The topological polar surface area (TPSA) is 26.0 Å². The van der Waals surface area contributed by atoms with Crippen LogP contribution in [0.5, 0.6) is 0 Å². The summed E-state index contributed by atoms with van der Waals surface area (Å²) in [6, 6.07) is 9.27. The van der Waals surface area contributed by atoms with Crippen molar-refractivity contribution >= 4 is 11.8 Å². The first-order chi connectivity index (χ1) is 9.33. The third kappa shape index (κ3) is 3.35. The lowest BCUT2D eigenvalue weighted by atomic mass is 9.79. The van der Waals surface area contributed by atoms with Crippen LogP contribution >= 0.6 is 11.8 Å². The van der Waals surface area contributed by atoms with Crippen molar-refractivity contribution in [2.24, 2.45) is 5.73 Å². The summed E-state index contributed by atoms with van der Waals surface area (Å²) in [6.07, 6.45) is 9.79. The summed E-state index contributed by atoms with van der Waals surface area (Å²) < 4.78 is 0. The lowest BCUT2D eigenvalue weighted by molar-refractivity contribution is 0.419. The van der Waals surface area contributed by atoms with E-state index >= 15 is 0 Å². The van der Waals surface area contributed by atoms with E-state index in [1.165, 1.54) is 56.1 Å². The van der Waals surface area contributed by atoms with Crippen LogP contribution in [0.4, 0.5) is 0 Å². The quantitative estimate of drug-likeness (QED) is 0.848. The van der Waals surface area contributed by atoms with Crippen LogP contribution in [0.3, 0.4) is 0 Å². The van der Waals surface area contributed by atoms with Crippen LogP contribution in [-0.2, 0) is 0 Å². The summed E-state index contributed by atoms with van der Waals surface area (Å²) in [5.41, 5.74) is 9.24. The minimum Gasteiger partial charge on any atom is -0.323 e. The molecule has 0 heterocycles. The highest BCUT2D eigenvalue weighted by Crippen LogP contribution is 2.37. The fourth-order valence-corrected chi connectivity index (χ4v) is 4.51. The Morgan fingerprint density at radius 1 is 1.11 bits per heavy atom. The van der Waals surface area contributed by atoms with Crippen molar-refractivity contribution in [3.8, 4) is 0 Å². The van der Waals surface area contributed by atoms with E-state index < -0.39 is 0 Å². The Bertz CT molecular complexity index is 407. The summed E-state index contributed by atoms with van der Waals surface area (Å²) in [7, 11) is 0. The van der Waals surface area contributed by atoms with Gasteiger partial charge in [0.15, 0.2) is 0 Å². The summed E-state index contributed by atoms with van der Waals surface area (Å²) in [6.45, 7) is 0. The molecule has 0 radical (unpaired) electrons. The molecule has 1 nitrogen and oxygen atoms in total. The average molecular weight is 275 g/mol. The standard InChI is InChI=1S/C17H25NS/c18-17(12-19-16-9-1-2-10-16)15-8-4-7-14(11-15)13-5-3-6-13/h4,7-8,11,13,16-17H,1-3,5-6,9-10,12,18H2. The third-order valence-corrected chi connectivity index (χ3v) is 6.22. The van der Waals surface area contributed by atoms with E-state index in [4.69, 9.17) is 5.73 Å². The Morgan fingerprint density at radius 3 is 2.58 bits per heavy atom. The SMILES string of the molecule is NC(CSC1CCCC1)c1cccc(C2CCC2)c1. The first-order valence-corrected chi connectivity index (χ1v) is 8.85. The molecule has 104 valence electrons. The fourth-order valence-electron chi connectivity index (χ4n) is 3.18. The second-order valence-electron chi connectivity index (χ2n) is 6.14. The molecule has 1 atom stereocenters. The molecule has 1 aromatic carbocycles. The van der Waals surface area contributed by atoms with Crippen LogP contribution in [0, 0.1) is 0 Å². The van der Waals surface area contributed by atoms with Gasteiger partial charge >= 0.3 is 0 Å². The summed E-state index contributed by atoms with van der Waals surface area (Å²) >= 11 is 2.10. The summed E-state index contributed by atoms with van der Waals surface area (Å²) in [5, 5.41) is 0.876. The highest BCUT2D eigenvalue weighted by Gasteiger charge is 2.21. The zero-order valence-corrected chi connectivity index (χ0v) is 12.5. The molecular formula is C17H25NS. The zero-order chi connectivity index (χ0) is 13.1. The summed E-state index contributed by atoms with van der Waals surface area (Å²) in [4.78, 5) is 0. The Balaban J connectivity index is 1.57. The largest absolute Gasteiger partial charge is 0.323 e. The number of rotatable bonds is 5. The lowest BCUT2D eigenvalue weighted by Gasteiger charge is -2.26. The third-order valence-electron chi connectivity index (χ3n) is 4.73. The Hall–Kier alpha value is -0.470. The maximum absolute atomic E-state index is 6.38. The van der Waals surface area contributed by atoms with E-state index in [1.807, 2.05) is 0 Å². The fraction of sp³-hybridized carbons (Fsp3) is 0.647. The van der Waals surface area contributed by atoms with Gasteiger partial charge in [-0.2, -0.15) is 11.8 Å². The van der Waals surface area contributed by atoms with Gasteiger partial charge < -0.3 is 5.73 Å². The molecule has 3 rings (SSSR count).